The van der Waals surface area contributed by atoms with Gasteiger partial charge in [0.1, 0.15) is 5.75 Å². The van der Waals surface area contributed by atoms with Gasteiger partial charge in [-0.05, 0) is 30.2 Å². The van der Waals surface area contributed by atoms with Crippen LogP contribution in [0.15, 0.2) is 18.2 Å². The van der Waals surface area contributed by atoms with Gasteiger partial charge in [0.15, 0.2) is 0 Å². The van der Waals surface area contributed by atoms with Gasteiger partial charge in [-0.15, -0.1) is 0 Å². The number of hydrogen-bond donors (Lipinski definition) is 0. The molecule has 118 valence electrons. The fraction of sp³-hybridized carbons (Fsp3) is 0.529. The van der Waals surface area contributed by atoms with Crippen LogP contribution in [0.4, 0.5) is 0 Å². The van der Waals surface area contributed by atoms with Crippen molar-refractivity contribution < 1.29 is 14.3 Å². The van der Waals surface area contributed by atoms with Crippen molar-refractivity contribution in [2.45, 2.75) is 20.3 Å². The Bertz CT molecular complexity index is 612. The number of benzene rings is 1. The van der Waals surface area contributed by atoms with E-state index in [-0.39, 0.29) is 17.2 Å². The molecule has 0 atom stereocenters. The number of aryl methyl sites for hydroxylation is 1. The van der Waals surface area contributed by atoms with E-state index in [9.17, 15) is 9.59 Å². The summed E-state index contributed by atoms with van der Waals surface area (Å²) in [6.45, 7) is 6.73. The third-order valence-electron chi connectivity index (χ3n) is 4.75. The van der Waals surface area contributed by atoms with Gasteiger partial charge in [-0.3, -0.25) is 9.59 Å². The van der Waals surface area contributed by atoms with E-state index in [2.05, 4.69) is 6.92 Å². The quantitative estimate of drug-likeness (QED) is 0.851. The van der Waals surface area contributed by atoms with Crippen molar-refractivity contribution in [1.82, 2.24) is 9.80 Å². The lowest BCUT2D eigenvalue weighted by Gasteiger charge is -2.60. The Balaban J connectivity index is 1.63. The molecule has 2 saturated heterocycles. The van der Waals surface area contributed by atoms with Crippen molar-refractivity contribution in [3.05, 3.63) is 29.3 Å². The van der Waals surface area contributed by atoms with Gasteiger partial charge in [-0.1, -0.05) is 6.92 Å². The van der Waals surface area contributed by atoms with Crippen LogP contribution in [0.1, 0.15) is 29.8 Å². The van der Waals surface area contributed by atoms with E-state index in [1.165, 1.54) is 0 Å². The topological polar surface area (TPSA) is 49.9 Å². The summed E-state index contributed by atoms with van der Waals surface area (Å²) in [4.78, 5) is 27.5. The average molecular weight is 302 g/mol. The first kappa shape index (κ1) is 14.9. The Morgan fingerprint density at radius 2 is 1.82 bits per heavy atom. The third kappa shape index (κ3) is 2.34. The number of nitrogens with zero attached hydrogens (tertiary/aromatic N) is 2. The maximum atomic E-state index is 12.5. The molecule has 1 spiro atoms. The van der Waals surface area contributed by atoms with Gasteiger partial charge >= 0.3 is 0 Å². The SMILES string of the molecule is CCc1cc(C(=O)N2CC3(CN(C(C)=O)C3)C2)ccc1OC. The smallest absolute Gasteiger partial charge is 0.253 e. The van der Waals surface area contributed by atoms with Crippen molar-refractivity contribution in [3.8, 4) is 5.75 Å². The summed E-state index contributed by atoms with van der Waals surface area (Å²) in [6, 6.07) is 5.62. The molecule has 0 aromatic heterocycles. The first-order valence-corrected chi connectivity index (χ1v) is 7.70. The molecule has 3 rings (SSSR count). The van der Waals surface area contributed by atoms with Crippen LogP contribution < -0.4 is 4.74 Å². The van der Waals surface area contributed by atoms with Crippen molar-refractivity contribution in [1.29, 1.82) is 0 Å². The normalized spacial score (nSPS) is 18.7. The zero-order chi connectivity index (χ0) is 15.9. The van der Waals surface area contributed by atoms with E-state index in [1.807, 2.05) is 28.0 Å². The average Bonchev–Trinajstić information content (AvgIpc) is 2.42. The lowest BCUT2D eigenvalue weighted by molar-refractivity contribution is -0.152. The van der Waals surface area contributed by atoms with E-state index in [1.54, 1.807) is 14.0 Å². The van der Waals surface area contributed by atoms with Crippen LogP contribution in [0.2, 0.25) is 0 Å². The second-order valence-electron chi connectivity index (χ2n) is 6.42. The number of rotatable bonds is 3. The molecular formula is C17H22N2O3. The highest BCUT2D eigenvalue weighted by atomic mass is 16.5. The summed E-state index contributed by atoms with van der Waals surface area (Å²) in [5.41, 5.74) is 1.92. The number of amides is 2. The molecule has 0 unspecified atom stereocenters. The Labute approximate surface area is 130 Å². The number of likely N-dealkylation sites (tertiary alicyclic amines) is 2. The van der Waals surface area contributed by atoms with Gasteiger partial charge in [0, 0.05) is 44.1 Å². The fourth-order valence-corrected chi connectivity index (χ4v) is 3.46. The minimum absolute atomic E-state index is 0.0734. The number of carbonyl (C=O) groups is 2. The zero-order valence-electron chi connectivity index (χ0n) is 13.4. The van der Waals surface area contributed by atoms with Crippen molar-refractivity contribution in [2.24, 2.45) is 5.41 Å². The molecule has 1 aromatic carbocycles. The second-order valence-corrected chi connectivity index (χ2v) is 6.42. The zero-order valence-corrected chi connectivity index (χ0v) is 13.4. The molecule has 0 N–H and O–H groups in total. The number of carbonyl (C=O) groups excluding carboxylic acids is 2. The summed E-state index contributed by atoms with van der Waals surface area (Å²) < 4.78 is 5.30. The van der Waals surface area contributed by atoms with E-state index >= 15 is 0 Å². The van der Waals surface area contributed by atoms with Crippen molar-refractivity contribution in [2.75, 3.05) is 33.3 Å². The molecule has 2 aliphatic rings. The van der Waals surface area contributed by atoms with Crippen LogP contribution in [-0.4, -0.2) is 54.9 Å². The number of ether oxygens (including phenoxy) is 1. The number of methoxy groups -OCH3 is 1. The predicted octanol–water partition coefficient (Wildman–Crippen LogP) is 1.56. The Hall–Kier alpha value is -2.04. The largest absolute Gasteiger partial charge is 0.496 e. The minimum atomic E-state index is 0.0734. The molecule has 0 radical (unpaired) electrons. The molecular weight excluding hydrogens is 280 g/mol. The summed E-state index contributed by atoms with van der Waals surface area (Å²) in [5.74, 6) is 1.03. The highest BCUT2D eigenvalue weighted by Crippen LogP contribution is 2.40. The molecule has 0 aliphatic carbocycles. The van der Waals surface area contributed by atoms with Gasteiger partial charge in [-0.2, -0.15) is 0 Å². The van der Waals surface area contributed by atoms with Crippen molar-refractivity contribution in [3.63, 3.8) is 0 Å². The van der Waals surface area contributed by atoms with E-state index < -0.39 is 0 Å². The Morgan fingerprint density at radius 1 is 1.18 bits per heavy atom. The number of hydrogen-bond acceptors (Lipinski definition) is 3. The summed E-state index contributed by atoms with van der Waals surface area (Å²) in [6.07, 6.45) is 0.835. The molecule has 5 heteroatoms. The molecule has 2 aliphatic heterocycles. The van der Waals surface area contributed by atoms with Crippen LogP contribution in [-0.2, 0) is 11.2 Å². The van der Waals surface area contributed by atoms with Crippen molar-refractivity contribution >= 4 is 11.8 Å². The van der Waals surface area contributed by atoms with Crippen LogP contribution in [0.25, 0.3) is 0 Å². The molecule has 2 fully saturated rings. The third-order valence-corrected chi connectivity index (χ3v) is 4.75. The highest BCUT2D eigenvalue weighted by molar-refractivity contribution is 5.95. The van der Waals surface area contributed by atoms with Crippen LogP contribution >= 0.6 is 0 Å². The van der Waals surface area contributed by atoms with Crippen LogP contribution in [0.3, 0.4) is 0 Å². The predicted molar refractivity (Wildman–Crippen MR) is 83.0 cm³/mol. The molecule has 0 bridgehead atoms. The summed E-state index contributed by atoms with van der Waals surface area (Å²) in [5, 5.41) is 0. The molecule has 2 amide bonds. The lowest BCUT2D eigenvalue weighted by atomic mass is 9.72. The lowest BCUT2D eigenvalue weighted by Crippen LogP contribution is -2.73. The van der Waals surface area contributed by atoms with Gasteiger partial charge in [0.25, 0.3) is 5.91 Å². The van der Waals surface area contributed by atoms with Gasteiger partial charge in [0.05, 0.1) is 7.11 Å². The standard InChI is InChI=1S/C17H22N2O3/c1-4-13-7-14(5-6-15(13)22-3)16(21)19-10-17(11-19)8-18(9-17)12(2)20/h5-7H,4,8-11H2,1-3H3. The highest BCUT2D eigenvalue weighted by Gasteiger charge is 2.53. The van der Waals surface area contributed by atoms with Crippen LogP contribution in [0, 0.1) is 5.41 Å². The molecule has 22 heavy (non-hydrogen) atoms. The Morgan fingerprint density at radius 3 is 2.36 bits per heavy atom. The fourth-order valence-electron chi connectivity index (χ4n) is 3.46. The minimum Gasteiger partial charge on any atom is -0.496 e. The maximum absolute atomic E-state index is 12.5. The molecule has 0 saturated carbocycles. The summed E-state index contributed by atoms with van der Waals surface area (Å²) in [7, 11) is 1.65. The first-order chi connectivity index (χ1) is 10.5. The molecule has 2 heterocycles. The molecule has 5 nitrogen and oxygen atoms in total. The van der Waals surface area contributed by atoms with Gasteiger partial charge < -0.3 is 14.5 Å². The van der Waals surface area contributed by atoms with E-state index in [0.717, 1.165) is 49.5 Å². The Kier molecular flexibility index (Phi) is 3.59. The van der Waals surface area contributed by atoms with E-state index in [4.69, 9.17) is 4.74 Å². The molecule has 1 aromatic rings. The van der Waals surface area contributed by atoms with Crippen LogP contribution in [0.5, 0.6) is 5.75 Å². The second kappa shape index (κ2) is 5.30. The monoisotopic (exact) mass is 302 g/mol. The summed E-state index contributed by atoms with van der Waals surface area (Å²) >= 11 is 0. The van der Waals surface area contributed by atoms with E-state index in [0.29, 0.717) is 0 Å². The van der Waals surface area contributed by atoms with Gasteiger partial charge in [-0.25, -0.2) is 0 Å². The van der Waals surface area contributed by atoms with Gasteiger partial charge in [0.2, 0.25) is 5.91 Å². The maximum Gasteiger partial charge on any atom is 0.253 e. The first-order valence-electron chi connectivity index (χ1n) is 7.70.